The van der Waals surface area contributed by atoms with Gasteiger partial charge in [-0.05, 0) is 44.2 Å². The molecule has 2 heterocycles. The van der Waals surface area contributed by atoms with E-state index in [9.17, 15) is 9.90 Å². The summed E-state index contributed by atoms with van der Waals surface area (Å²) in [6.45, 7) is 4.75. The topological polar surface area (TPSA) is 80.0 Å². The second kappa shape index (κ2) is 7.56. The number of amides is 1. The molecule has 0 fully saturated rings. The first-order valence-corrected chi connectivity index (χ1v) is 9.58. The smallest absolute Gasteiger partial charge is 0.256 e. The van der Waals surface area contributed by atoms with Gasteiger partial charge in [0.2, 0.25) is 0 Å². The Morgan fingerprint density at radius 3 is 2.76 bits per heavy atom. The third-order valence-electron chi connectivity index (χ3n) is 4.85. The molecular weight excluding hydrogens is 388 g/mol. The summed E-state index contributed by atoms with van der Waals surface area (Å²) < 4.78 is 1.88. The number of aryl methyl sites for hydroxylation is 1. The van der Waals surface area contributed by atoms with E-state index < -0.39 is 0 Å². The van der Waals surface area contributed by atoms with Crippen molar-refractivity contribution in [3.8, 4) is 17.0 Å². The zero-order valence-corrected chi connectivity index (χ0v) is 16.7. The number of para-hydroxylation sites is 1. The van der Waals surface area contributed by atoms with Gasteiger partial charge in [-0.25, -0.2) is 4.98 Å². The van der Waals surface area contributed by atoms with E-state index in [1.807, 2.05) is 42.8 Å². The van der Waals surface area contributed by atoms with Gasteiger partial charge in [-0.3, -0.25) is 9.48 Å². The summed E-state index contributed by atoms with van der Waals surface area (Å²) in [5.41, 5.74) is 3.93. The molecule has 0 unspecified atom stereocenters. The van der Waals surface area contributed by atoms with Gasteiger partial charge < -0.3 is 10.4 Å². The number of phenolic OH excluding ortho intramolecular Hbond substituents is 1. The third-order valence-corrected chi connectivity index (χ3v) is 5.08. The molecule has 2 aromatic carbocycles. The zero-order chi connectivity index (χ0) is 20.5. The summed E-state index contributed by atoms with van der Waals surface area (Å²) in [5, 5.41) is 18.3. The minimum atomic E-state index is -0.358. The van der Waals surface area contributed by atoms with Crippen molar-refractivity contribution in [2.75, 3.05) is 5.32 Å². The van der Waals surface area contributed by atoms with Gasteiger partial charge in [0.15, 0.2) is 0 Å². The lowest BCUT2D eigenvalue weighted by Gasteiger charge is -2.12. The molecule has 1 amide bonds. The average molecular weight is 407 g/mol. The van der Waals surface area contributed by atoms with Crippen molar-refractivity contribution in [1.29, 1.82) is 0 Å². The summed E-state index contributed by atoms with van der Waals surface area (Å²) in [4.78, 5) is 17.8. The maximum absolute atomic E-state index is 13.1. The lowest BCUT2D eigenvalue weighted by atomic mass is 10.0. The summed E-state index contributed by atoms with van der Waals surface area (Å²) in [6, 6.07) is 13.7. The van der Waals surface area contributed by atoms with Crippen molar-refractivity contribution in [3.05, 3.63) is 71.0 Å². The maximum Gasteiger partial charge on any atom is 0.256 e. The zero-order valence-electron chi connectivity index (χ0n) is 16.0. The van der Waals surface area contributed by atoms with Crippen LogP contribution >= 0.6 is 11.6 Å². The summed E-state index contributed by atoms with van der Waals surface area (Å²) in [7, 11) is 0. The van der Waals surface area contributed by atoms with Crippen LogP contribution < -0.4 is 5.32 Å². The van der Waals surface area contributed by atoms with Crippen LogP contribution in [0.25, 0.3) is 22.2 Å². The number of fused-ring (bicyclic) bond motifs is 1. The fourth-order valence-corrected chi connectivity index (χ4v) is 3.49. The van der Waals surface area contributed by atoms with Gasteiger partial charge in [0, 0.05) is 28.2 Å². The number of halogens is 1. The highest BCUT2D eigenvalue weighted by molar-refractivity contribution is 6.31. The molecule has 0 aliphatic carbocycles. The molecule has 2 N–H and O–H groups in total. The Bertz CT molecular complexity index is 1230. The predicted molar refractivity (Wildman–Crippen MR) is 114 cm³/mol. The first-order chi connectivity index (χ1) is 14.0. The van der Waals surface area contributed by atoms with Crippen LogP contribution in [0.3, 0.4) is 0 Å². The molecule has 0 atom stereocenters. The number of hydrogen-bond donors (Lipinski definition) is 2. The number of benzene rings is 2. The molecule has 0 aliphatic heterocycles. The van der Waals surface area contributed by atoms with Crippen LogP contribution in [0.5, 0.6) is 5.75 Å². The number of aromatic nitrogens is 3. The monoisotopic (exact) mass is 406 g/mol. The first-order valence-electron chi connectivity index (χ1n) is 9.20. The highest BCUT2D eigenvalue weighted by Crippen LogP contribution is 2.30. The molecule has 0 saturated carbocycles. The number of carbonyl (C=O) groups excluding carboxylic acids is 1. The minimum absolute atomic E-state index is 0.0543. The molecule has 7 heteroatoms. The van der Waals surface area contributed by atoms with E-state index in [2.05, 4.69) is 10.4 Å². The van der Waals surface area contributed by atoms with E-state index >= 15 is 0 Å². The Balaban J connectivity index is 1.83. The summed E-state index contributed by atoms with van der Waals surface area (Å²) in [5.74, 6) is -0.413. The normalized spacial score (nSPS) is 11.0. The van der Waals surface area contributed by atoms with Gasteiger partial charge in [-0.1, -0.05) is 29.8 Å². The van der Waals surface area contributed by atoms with Crippen LogP contribution in [-0.2, 0) is 6.54 Å². The highest BCUT2D eigenvalue weighted by Gasteiger charge is 2.17. The van der Waals surface area contributed by atoms with E-state index in [0.29, 0.717) is 21.8 Å². The Hall–Kier alpha value is -3.38. The van der Waals surface area contributed by atoms with Crippen molar-refractivity contribution in [1.82, 2.24) is 14.8 Å². The Labute approximate surface area is 172 Å². The second-order valence-electron chi connectivity index (χ2n) is 6.65. The van der Waals surface area contributed by atoms with Gasteiger partial charge in [-0.2, -0.15) is 5.10 Å². The second-order valence-corrected chi connectivity index (χ2v) is 7.08. The molecule has 4 rings (SSSR count). The molecule has 0 spiro atoms. The molecule has 0 aliphatic rings. The Kier molecular flexibility index (Phi) is 4.94. The predicted octanol–water partition coefficient (Wildman–Crippen LogP) is 5.04. The van der Waals surface area contributed by atoms with E-state index in [-0.39, 0.29) is 17.3 Å². The number of rotatable bonds is 4. The Morgan fingerprint density at radius 1 is 1.21 bits per heavy atom. The van der Waals surface area contributed by atoms with E-state index in [0.717, 1.165) is 23.2 Å². The van der Waals surface area contributed by atoms with E-state index in [4.69, 9.17) is 16.6 Å². The molecule has 0 saturated heterocycles. The average Bonchev–Trinajstić information content (AvgIpc) is 3.10. The lowest BCUT2D eigenvalue weighted by molar-refractivity contribution is 0.102. The fourth-order valence-electron chi connectivity index (χ4n) is 3.32. The number of aromatic hydroxyl groups is 1. The molecule has 4 aromatic rings. The lowest BCUT2D eigenvalue weighted by Crippen LogP contribution is -2.13. The summed E-state index contributed by atoms with van der Waals surface area (Å²) in [6.07, 6.45) is 1.76. The summed E-state index contributed by atoms with van der Waals surface area (Å²) >= 11 is 6.00. The molecule has 146 valence electrons. The minimum Gasteiger partial charge on any atom is -0.506 e. The van der Waals surface area contributed by atoms with Crippen molar-refractivity contribution in [2.24, 2.45) is 0 Å². The maximum atomic E-state index is 13.1. The van der Waals surface area contributed by atoms with Crippen LogP contribution in [0.15, 0.2) is 54.7 Å². The van der Waals surface area contributed by atoms with E-state index in [1.165, 1.54) is 12.1 Å². The van der Waals surface area contributed by atoms with Gasteiger partial charge in [-0.15, -0.1) is 0 Å². The SMILES string of the molecule is CCn1ncc(-c2cc(C(=O)Nc3cc(Cl)ccc3O)c3ccccc3n2)c1C. The quantitative estimate of drug-likeness (QED) is 0.465. The molecular formula is C22H19ClN4O2. The number of hydrogen-bond acceptors (Lipinski definition) is 4. The van der Waals surface area contributed by atoms with Gasteiger partial charge in [0.25, 0.3) is 5.91 Å². The van der Waals surface area contributed by atoms with Crippen LogP contribution in [0.4, 0.5) is 5.69 Å². The van der Waals surface area contributed by atoms with Crippen LogP contribution in [0.1, 0.15) is 23.0 Å². The van der Waals surface area contributed by atoms with Gasteiger partial charge in [0.05, 0.1) is 28.7 Å². The fraction of sp³-hybridized carbons (Fsp3) is 0.136. The molecule has 29 heavy (non-hydrogen) atoms. The standard InChI is InChI=1S/C22H19ClN4O2/c1-3-27-13(2)17(12-24-27)19-11-16(15-6-4-5-7-18(15)25-19)22(29)26-20-10-14(23)8-9-21(20)28/h4-12,28H,3H2,1-2H3,(H,26,29). The van der Waals surface area contributed by atoms with Crippen molar-refractivity contribution in [2.45, 2.75) is 20.4 Å². The molecule has 0 bridgehead atoms. The van der Waals surface area contributed by atoms with Crippen LogP contribution in [0, 0.1) is 6.92 Å². The number of nitrogens with zero attached hydrogens (tertiary/aromatic N) is 3. The van der Waals surface area contributed by atoms with Gasteiger partial charge in [0.1, 0.15) is 5.75 Å². The van der Waals surface area contributed by atoms with E-state index in [1.54, 1.807) is 18.3 Å². The van der Waals surface area contributed by atoms with Crippen LogP contribution in [0.2, 0.25) is 5.02 Å². The van der Waals surface area contributed by atoms with Gasteiger partial charge >= 0.3 is 0 Å². The number of phenols is 1. The number of anilines is 1. The first kappa shape index (κ1) is 19.0. The molecule has 6 nitrogen and oxygen atoms in total. The third kappa shape index (κ3) is 3.54. The van der Waals surface area contributed by atoms with Crippen molar-refractivity contribution >= 4 is 34.1 Å². The highest BCUT2D eigenvalue weighted by atomic mass is 35.5. The number of nitrogens with one attached hydrogen (secondary N) is 1. The van der Waals surface area contributed by atoms with Crippen molar-refractivity contribution < 1.29 is 9.90 Å². The number of pyridine rings is 1. The number of carbonyl (C=O) groups is 1. The molecule has 0 radical (unpaired) electrons. The molecule has 2 aromatic heterocycles. The Morgan fingerprint density at radius 2 is 2.00 bits per heavy atom. The van der Waals surface area contributed by atoms with Crippen molar-refractivity contribution in [3.63, 3.8) is 0 Å². The van der Waals surface area contributed by atoms with Crippen LogP contribution in [-0.4, -0.2) is 25.8 Å². The largest absolute Gasteiger partial charge is 0.506 e.